The van der Waals surface area contributed by atoms with Gasteiger partial charge in [-0.15, -0.1) is 10.2 Å². The summed E-state index contributed by atoms with van der Waals surface area (Å²) < 4.78 is 27.3. The number of halogens is 2. The van der Waals surface area contributed by atoms with Crippen molar-refractivity contribution in [1.82, 2.24) is 19.8 Å². The molecular formula is C12H9F2N5OS. The molecule has 0 saturated heterocycles. The van der Waals surface area contributed by atoms with E-state index in [9.17, 15) is 13.6 Å². The molecule has 0 aliphatic heterocycles. The third-order valence-electron chi connectivity index (χ3n) is 2.70. The number of hydrogen-bond acceptors (Lipinski definition) is 5. The topological polar surface area (TPSA) is 72.2 Å². The van der Waals surface area contributed by atoms with E-state index >= 15 is 0 Å². The largest absolute Gasteiger partial charge is 0.326 e. The van der Waals surface area contributed by atoms with Crippen molar-refractivity contribution < 1.29 is 13.6 Å². The lowest BCUT2D eigenvalue weighted by atomic mass is 10.2. The second-order valence-corrected chi connectivity index (χ2v) is 5.27. The minimum Gasteiger partial charge on any atom is -0.326 e. The number of hydrogen-bond donors (Lipinski definition) is 1. The zero-order chi connectivity index (χ0) is 14.8. The molecule has 2 heterocycles. The molecule has 1 aromatic carbocycles. The second-order valence-electron chi connectivity index (χ2n) is 4.23. The maximum atomic E-state index is 13.0. The molecule has 0 atom stereocenters. The molecule has 6 nitrogen and oxygen atoms in total. The summed E-state index contributed by atoms with van der Waals surface area (Å²) in [7, 11) is 0. The first-order valence-electron chi connectivity index (χ1n) is 6.02. The molecule has 0 unspecified atom stereocenters. The first-order chi connectivity index (χ1) is 10.1. The number of carbonyl (C=O) groups excluding carboxylic acids is 1. The van der Waals surface area contributed by atoms with Crippen molar-refractivity contribution in [3.05, 3.63) is 41.2 Å². The van der Waals surface area contributed by atoms with Gasteiger partial charge >= 0.3 is 0 Å². The van der Waals surface area contributed by atoms with E-state index in [1.165, 1.54) is 28.2 Å². The van der Waals surface area contributed by atoms with Crippen LogP contribution < -0.4 is 5.32 Å². The normalized spacial score (nSPS) is 11.0. The summed E-state index contributed by atoms with van der Waals surface area (Å²) in [6.07, 6.45) is 2.10. The number of benzene rings is 1. The number of anilines is 1. The minimum atomic E-state index is -0.999. The molecule has 21 heavy (non-hydrogen) atoms. The molecule has 1 N–H and O–H groups in total. The van der Waals surface area contributed by atoms with Crippen LogP contribution in [0.3, 0.4) is 0 Å². The second kappa shape index (κ2) is 5.52. The van der Waals surface area contributed by atoms with Gasteiger partial charge in [-0.3, -0.25) is 4.79 Å². The van der Waals surface area contributed by atoms with Crippen molar-refractivity contribution >= 4 is 27.9 Å². The number of rotatable bonds is 4. The van der Waals surface area contributed by atoms with Gasteiger partial charge in [-0.2, -0.15) is 9.61 Å². The molecule has 1 amide bonds. The fourth-order valence-corrected chi connectivity index (χ4v) is 2.53. The molecule has 2 aromatic heterocycles. The van der Waals surface area contributed by atoms with Crippen LogP contribution in [-0.2, 0) is 11.2 Å². The van der Waals surface area contributed by atoms with E-state index in [0.29, 0.717) is 11.4 Å². The van der Waals surface area contributed by atoms with Gasteiger partial charge in [0.2, 0.25) is 10.9 Å². The van der Waals surface area contributed by atoms with Gasteiger partial charge in [0.1, 0.15) is 11.3 Å². The number of carbonyl (C=O) groups is 1. The zero-order valence-electron chi connectivity index (χ0n) is 10.6. The van der Waals surface area contributed by atoms with Crippen LogP contribution in [-0.4, -0.2) is 25.7 Å². The molecule has 0 fully saturated rings. The van der Waals surface area contributed by atoms with Crippen molar-refractivity contribution in [2.75, 3.05) is 5.32 Å². The molecule has 108 valence electrons. The number of nitrogens with zero attached hydrogens (tertiary/aromatic N) is 4. The summed E-state index contributed by atoms with van der Waals surface area (Å²) in [5, 5.41) is 15.0. The Bertz CT molecular complexity index is 771. The van der Waals surface area contributed by atoms with Crippen LogP contribution >= 0.6 is 11.3 Å². The van der Waals surface area contributed by atoms with E-state index in [4.69, 9.17) is 0 Å². The average molecular weight is 309 g/mol. The van der Waals surface area contributed by atoms with Gasteiger partial charge in [0, 0.05) is 24.6 Å². The summed E-state index contributed by atoms with van der Waals surface area (Å²) in [6.45, 7) is 0. The third-order valence-corrected chi connectivity index (χ3v) is 3.67. The van der Waals surface area contributed by atoms with Crippen LogP contribution in [0.5, 0.6) is 0 Å². The fraction of sp³-hybridized carbons (Fsp3) is 0.167. The number of aryl methyl sites for hydroxylation is 1. The van der Waals surface area contributed by atoms with Crippen LogP contribution in [0.1, 0.15) is 11.4 Å². The van der Waals surface area contributed by atoms with E-state index in [2.05, 4.69) is 20.6 Å². The molecule has 0 aliphatic rings. The smallest absolute Gasteiger partial charge is 0.234 e. The number of fused-ring (bicyclic) bond motifs is 1. The SMILES string of the molecule is O=C(CCc1nn2cnnc2s1)Nc1ccc(F)c(F)c1. The molecule has 0 radical (unpaired) electrons. The van der Waals surface area contributed by atoms with E-state index in [1.807, 2.05) is 0 Å². The van der Waals surface area contributed by atoms with Gasteiger partial charge in [0.15, 0.2) is 11.6 Å². The highest BCUT2D eigenvalue weighted by atomic mass is 32.1. The van der Waals surface area contributed by atoms with E-state index in [0.717, 1.165) is 17.1 Å². The third kappa shape index (κ3) is 3.02. The fourth-order valence-electron chi connectivity index (χ4n) is 1.72. The molecule has 0 bridgehead atoms. The van der Waals surface area contributed by atoms with Crippen molar-refractivity contribution in [3.63, 3.8) is 0 Å². The Morgan fingerprint density at radius 3 is 2.95 bits per heavy atom. The van der Waals surface area contributed by atoms with Gasteiger partial charge in [-0.1, -0.05) is 11.3 Å². The van der Waals surface area contributed by atoms with Gasteiger partial charge in [0.05, 0.1) is 0 Å². The molecule has 0 aliphatic carbocycles. The number of nitrogens with one attached hydrogen (secondary N) is 1. The van der Waals surface area contributed by atoms with Gasteiger partial charge in [-0.05, 0) is 12.1 Å². The van der Waals surface area contributed by atoms with Crippen molar-refractivity contribution in [1.29, 1.82) is 0 Å². The predicted molar refractivity (Wildman–Crippen MR) is 72.0 cm³/mol. The molecule has 3 rings (SSSR count). The Morgan fingerprint density at radius 1 is 1.33 bits per heavy atom. The highest BCUT2D eigenvalue weighted by Gasteiger charge is 2.09. The van der Waals surface area contributed by atoms with Crippen molar-refractivity contribution in [2.45, 2.75) is 12.8 Å². The van der Waals surface area contributed by atoms with Crippen molar-refractivity contribution in [2.24, 2.45) is 0 Å². The Morgan fingerprint density at radius 2 is 2.19 bits per heavy atom. The zero-order valence-corrected chi connectivity index (χ0v) is 11.4. The maximum Gasteiger partial charge on any atom is 0.234 e. The summed E-state index contributed by atoms with van der Waals surface area (Å²) in [4.78, 5) is 12.4. The first-order valence-corrected chi connectivity index (χ1v) is 6.84. The van der Waals surface area contributed by atoms with Crippen LogP contribution in [0.4, 0.5) is 14.5 Å². The van der Waals surface area contributed by atoms with E-state index in [-0.39, 0.29) is 18.0 Å². The Hall–Kier alpha value is -2.42. The summed E-state index contributed by atoms with van der Waals surface area (Å²) >= 11 is 1.35. The molecule has 9 heteroatoms. The quantitative estimate of drug-likeness (QED) is 0.800. The highest BCUT2D eigenvalue weighted by Crippen LogP contribution is 2.15. The van der Waals surface area contributed by atoms with Crippen LogP contribution in [0, 0.1) is 11.6 Å². The van der Waals surface area contributed by atoms with Crippen LogP contribution in [0.25, 0.3) is 4.96 Å². The summed E-state index contributed by atoms with van der Waals surface area (Å²) in [5.41, 5.74) is 0.219. The minimum absolute atomic E-state index is 0.184. The van der Waals surface area contributed by atoms with E-state index < -0.39 is 11.6 Å². The average Bonchev–Trinajstić information content (AvgIpc) is 3.01. The summed E-state index contributed by atoms with van der Waals surface area (Å²) in [5.74, 6) is -2.25. The predicted octanol–water partition coefficient (Wildman–Crippen LogP) is 2.04. The number of aromatic nitrogens is 4. The summed E-state index contributed by atoms with van der Waals surface area (Å²) in [6, 6.07) is 3.21. The maximum absolute atomic E-state index is 13.0. The Labute approximate surface area is 121 Å². The molecule has 0 spiro atoms. The Kier molecular flexibility index (Phi) is 3.57. The monoisotopic (exact) mass is 309 g/mol. The standard InChI is InChI=1S/C12H9F2N5OS/c13-8-2-1-7(5-9(8)14)16-10(20)3-4-11-18-19-6-15-17-12(19)21-11/h1-2,5-6H,3-4H2,(H,16,20). The van der Waals surface area contributed by atoms with Gasteiger partial charge < -0.3 is 5.32 Å². The van der Waals surface area contributed by atoms with Gasteiger partial charge in [-0.25, -0.2) is 8.78 Å². The lowest BCUT2D eigenvalue weighted by Gasteiger charge is -2.04. The van der Waals surface area contributed by atoms with Crippen molar-refractivity contribution in [3.8, 4) is 0 Å². The lowest BCUT2D eigenvalue weighted by Crippen LogP contribution is -2.12. The Balaban J connectivity index is 1.58. The lowest BCUT2D eigenvalue weighted by molar-refractivity contribution is -0.116. The van der Waals surface area contributed by atoms with Crippen LogP contribution in [0.2, 0.25) is 0 Å². The van der Waals surface area contributed by atoms with Crippen LogP contribution in [0.15, 0.2) is 24.5 Å². The molecular weight excluding hydrogens is 300 g/mol. The highest BCUT2D eigenvalue weighted by molar-refractivity contribution is 7.16. The molecule has 3 aromatic rings. The number of amides is 1. The first kappa shape index (κ1) is 13.6. The van der Waals surface area contributed by atoms with E-state index in [1.54, 1.807) is 0 Å². The molecule has 0 saturated carbocycles. The van der Waals surface area contributed by atoms with Gasteiger partial charge in [0.25, 0.3) is 0 Å².